The second-order valence-corrected chi connectivity index (χ2v) is 5.86. The lowest BCUT2D eigenvalue weighted by Crippen LogP contribution is -2.49. The van der Waals surface area contributed by atoms with Crippen molar-refractivity contribution < 1.29 is 4.39 Å². The first kappa shape index (κ1) is 13.7. The van der Waals surface area contributed by atoms with Gasteiger partial charge in [0.15, 0.2) is 11.6 Å². The van der Waals surface area contributed by atoms with Crippen molar-refractivity contribution in [3.05, 3.63) is 17.8 Å². The zero-order valence-corrected chi connectivity index (χ0v) is 12.3. The number of nitrogens with zero attached hydrogens (tertiary/aromatic N) is 3. The molecule has 110 valence electrons. The predicted molar refractivity (Wildman–Crippen MR) is 77.4 cm³/mol. The lowest BCUT2D eigenvalue weighted by Gasteiger charge is -2.38. The lowest BCUT2D eigenvalue weighted by atomic mass is 9.98. The molecule has 2 aliphatic heterocycles. The number of hydrogen-bond donors (Lipinski definition) is 1. The van der Waals surface area contributed by atoms with Gasteiger partial charge in [-0.15, -0.1) is 0 Å². The van der Waals surface area contributed by atoms with Crippen LogP contribution in [0.25, 0.3) is 0 Å². The summed E-state index contributed by atoms with van der Waals surface area (Å²) in [6, 6.07) is 1.60. The Bertz CT molecular complexity index is 467. The van der Waals surface area contributed by atoms with E-state index in [2.05, 4.69) is 27.1 Å². The molecule has 0 aliphatic carbocycles. The largest absolute Gasteiger partial charge is 0.351 e. The van der Waals surface area contributed by atoms with E-state index in [-0.39, 0.29) is 5.82 Å². The van der Waals surface area contributed by atoms with Crippen LogP contribution in [-0.2, 0) is 6.42 Å². The second-order valence-electron chi connectivity index (χ2n) is 5.86. The van der Waals surface area contributed by atoms with Crippen LogP contribution < -0.4 is 10.2 Å². The Labute approximate surface area is 119 Å². The number of aromatic nitrogens is 2. The molecular weight excluding hydrogens is 255 g/mol. The molecule has 0 radical (unpaired) electrons. The van der Waals surface area contributed by atoms with Gasteiger partial charge in [-0.1, -0.05) is 6.92 Å². The van der Waals surface area contributed by atoms with E-state index >= 15 is 0 Å². The molecular formula is C15H23FN4. The summed E-state index contributed by atoms with van der Waals surface area (Å²) in [5.41, 5.74) is 0.519. The smallest absolute Gasteiger partial charge is 0.187 e. The van der Waals surface area contributed by atoms with Gasteiger partial charge in [0.05, 0.1) is 5.69 Å². The first-order valence-corrected chi connectivity index (χ1v) is 7.75. The maximum atomic E-state index is 14.5. The van der Waals surface area contributed by atoms with Gasteiger partial charge in [-0.05, 0) is 39.0 Å². The first-order chi connectivity index (χ1) is 9.72. The topological polar surface area (TPSA) is 41.1 Å². The molecule has 2 fully saturated rings. The average molecular weight is 278 g/mol. The van der Waals surface area contributed by atoms with E-state index in [1.807, 2.05) is 6.92 Å². The van der Waals surface area contributed by atoms with Crippen molar-refractivity contribution in [2.45, 2.75) is 64.1 Å². The number of rotatable bonds is 4. The molecule has 0 saturated carbocycles. The van der Waals surface area contributed by atoms with Gasteiger partial charge in [0.25, 0.3) is 0 Å². The fourth-order valence-electron chi connectivity index (χ4n) is 3.70. The highest BCUT2D eigenvalue weighted by Gasteiger charge is 2.36. The molecule has 0 aromatic carbocycles. The quantitative estimate of drug-likeness (QED) is 0.917. The lowest BCUT2D eigenvalue weighted by molar-refractivity contribution is 0.345. The van der Waals surface area contributed by atoms with Gasteiger partial charge in [-0.2, -0.15) is 0 Å². The zero-order valence-electron chi connectivity index (χ0n) is 12.3. The number of fused-ring (bicyclic) bond motifs is 2. The minimum Gasteiger partial charge on any atom is -0.351 e. The van der Waals surface area contributed by atoms with Crippen LogP contribution in [0.5, 0.6) is 0 Å². The number of piperidine rings is 1. The highest BCUT2D eigenvalue weighted by molar-refractivity contribution is 5.42. The van der Waals surface area contributed by atoms with E-state index in [0.29, 0.717) is 36.1 Å². The number of nitrogens with one attached hydrogen (secondary N) is 1. The molecule has 5 heteroatoms. The van der Waals surface area contributed by atoms with Crippen molar-refractivity contribution in [2.75, 3.05) is 11.4 Å². The normalized spacial score (nSPS) is 28.6. The van der Waals surface area contributed by atoms with E-state index in [9.17, 15) is 4.39 Å². The molecule has 2 bridgehead atoms. The Morgan fingerprint density at radius 3 is 2.55 bits per heavy atom. The highest BCUT2D eigenvalue weighted by Crippen LogP contribution is 2.32. The van der Waals surface area contributed by atoms with E-state index in [4.69, 9.17) is 0 Å². The van der Waals surface area contributed by atoms with Crippen molar-refractivity contribution in [3.63, 3.8) is 0 Å². The van der Waals surface area contributed by atoms with Gasteiger partial charge in [0.2, 0.25) is 0 Å². The maximum absolute atomic E-state index is 14.5. The summed E-state index contributed by atoms with van der Waals surface area (Å²) in [5.74, 6) is 0.258. The van der Waals surface area contributed by atoms with Crippen molar-refractivity contribution >= 4 is 5.82 Å². The van der Waals surface area contributed by atoms with E-state index in [1.165, 1.54) is 19.2 Å². The summed E-state index contributed by atoms with van der Waals surface area (Å²) in [6.07, 6.45) is 6.80. The number of halogens is 1. The van der Waals surface area contributed by atoms with Gasteiger partial charge < -0.3 is 10.2 Å². The Morgan fingerprint density at radius 1 is 1.25 bits per heavy atom. The molecule has 3 rings (SSSR count). The van der Waals surface area contributed by atoms with Crippen LogP contribution in [0.3, 0.4) is 0 Å². The van der Waals surface area contributed by atoms with Crippen molar-refractivity contribution in [3.8, 4) is 0 Å². The Balaban J connectivity index is 1.86. The first-order valence-electron chi connectivity index (χ1n) is 7.75. The highest BCUT2D eigenvalue weighted by atomic mass is 19.1. The van der Waals surface area contributed by atoms with Gasteiger partial charge in [-0.25, -0.2) is 14.4 Å². The summed E-state index contributed by atoms with van der Waals surface area (Å²) in [7, 11) is 0. The number of aryl methyl sites for hydroxylation is 1. The third-order valence-electron chi connectivity index (χ3n) is 4.68. The average Bonchev–Trinajstić information content (AvgIpc) is 2.80. The molecule has 2 atom stereocenters. The van der Waals surface area contributed by atoms with Crippen LogP contribution >= 0.6 is 0 Å². The van der Waals surface area contributed by atoms with E-state index in [1.54, 1.807) is 0 Å². The van der Waals surface area contributed by atoms with Gasteiger partial charge in [0, 0.05) is 24.7 Å². The minimum atomic E-state index is -0.234. The van der Waals surface area contributed by atoms with E-state index in [0.717, 1.165) is 19.4 Å². The SMILES string of the molecule is CCc1ncnc(N(CC)C2CC3CCC(C2)N3)c1F. The van der Waals surface area contributed by atoms with Crippen LogP contribution in [0.2, 0.25) is 0 Å². The zero-order chi connectivity index (χ0) is 14.1. The van der Waals surface area contributed by atoms with Crippen molar-refractivity contribution in [1.29, 1.82) is 0 Å². The summed E-state index contributed by atoms with van der Waals surface area (Å²) in [5, 5.41) is 3.63. The second kappa shape index (κ2) is 5.64. The molecule has 0 spiro atoms. The summed E-state index contributed by atoms with van der Waals surface area (Å²) < 4.78 is 14.5. The standard InChI is InChI=1S/C15H23FN4/c1-3-13-14(16)15(18-9-17-13)20(4-2)12-7-10-5-6-11(8-12)19-10/h9-12,19H,3-8H2,1-2H3. The summed E-state index contributed by atoms with van der Waals surface area (Å²) in [6.45, 7) is 4.80. The van der Waals surface area contributed by atoms with Gasteiger partial charge in [-0.3, -0.25) is 0 Å². The number of anilines is 1. The van der Waals surface area contributed by atoms with Crippen LogP contribution in [0.1, 0.15) is 45.2 Å². The third-order valence-corrected chi connectivity index (χ3v) is 4.68. The monoisotopic (exact) mass is 278 g/mol. The molecule has 20 heavy (non-hydrogen) atoms. The molecule has 1 aromatic rings. The molecule has 1 aromatic heterocycles. The Morgan fingerprint density at radius 2 is 1.95 bits per heavy atom. The van der Waals surface area contributed by atoms with Crippen LogP contribution in [0, 0.1) is 5.82 Å². The maximum Gasteiger partial charge on any atom is 0.187 e. The molecule has 1 N–H and O–H groups in total. The molecule has 2 aliphatic rings. The van der Waals surface area contributed by atoms with E-state index < -0.39 is 0 Å². The molecule has 0 amide bonds. The summed E-state index contributed by atoms with van der Waals surface area (Å²) in [4.78, 5) is 10.4. The van der Waals surface area contributed by atoms with Gasteiger partial charge in [0.1, 0.15) is 6.33 Å². The van der Waals surface area contributed by atoms with Crippen molar-refractivity contribution in [2.24, 2.45) is 0 Å². The molecule has 2 saturated heterocycles. The van der Waals surface area contributed by atoms with Crippen LogP contribution in [-0.4, -0.2) is 34.6 Å². The minimum absolute atomic E-state index is 0.234. The van der Waals surface area contributed by atoms with Crippen LogP contribution in [0.15, 0.2) is 6.33 Å². The van der Waals surface area contributed by atoms with Gasteiger partial charge >= 0.3 is 0 Å². The number of hydrogen-bond acceptors (Lipinski definition) is 4. The van der Waals surface area contributed by atoms with Crippen LogP contribution in [0.4, 0.5) is 10.2 Å². The molecule has 4 nitrogen and oxygen atoms in total. The predicted octanol–water partition coefficient (Wildman–Crippen LogP) is 2.29. The molecule has 3 heterocycles. The summed E-state index contributed by atoms with van der Waals surface area (Å²) >= 11 is 0. The fraction of sp³-hybridized carbons (Fsp3) is 0.733. The fourth-order valence-corrected chi connectivity index (χ4v) is 3.70. The Kier molecular flexibility index (Phi) is 3.87. The third kappa shape index (κ3) is 2.39. The Hall–Kier alpha value is -1.23. The van der Waals surface area contributed by atoms with Crippen molar-refractivity contribution in [1.82, 2.24) is 15.3 Å². The molecule has 2 unspecified atom stereocenters.